The molecule has 1 amide bonds. The standard InChI is InChI=1S/C10H8BrF2NO3/c1-14(4-8(15)16)10(17)9-6(12)2-5(11)3-7(9)13/h2-3H,4H2,1H3,(H,15,16). The monoisotopic (exact) mass is 307 g/mol. The fraction of sp³-hybridized carbons (Fsp3) is 0.200. The van der Waals surface area contributed by atoms with Gasteiger partial charge in [0.1, 0.15) is 23.7 Å². The Morgan fingerprint density at radius 1 is 1.35 bits per heavy atom. The molecule has 1 aromatic carbocycles. The Balaban J connectivity index is 3.08. The summed E-state index contributed by atoms with van der Waals surface area (Å²) in [7, 11) is 1.15. The summed E-state index contributed by atoms with van der Waals surface area (Å²) in [5, 5.41) is 8.47. The van der Waals surface area contributed by atoms with E-state index in [9.17, 15) is 18.4 Å². The second-order valence-corrected chi connectivity index (χ2v) is 4.22. The molecule has 0 unspecified atom stereocenters. The lowest BCUT2D eigenvalue weighted by atomic mass is 10.1. The molecule has 0 heterocycles. The van der Waals surface area contributed by atoms with Gasteiger partial charge in [-0.25, -0.2) is 8.78 Å². The second kappa shape index (κ2) is 5.22. The minimum absolute atomic E-state index is 0.157. The highest BCUT2D eigenvalue weighted by Crippen LogP contribution is 2.20. The Hall–Kier alpha value is -1.50. The van der Waals surface area contributed by atoms with E-state index in [0.29, 0.717) is 0 Å². The number of halogens is 3. The first kappa shape index (κ1) is 13.6. The maximum Gasteiger partial charge on any atom is 0.323 e. The van der Waals surface area contributed by atoms with Crippen LogP contribution in [0.1, 0.15) is 10.4 Å². The lowest BCUT2D eigenvalue weighted by Crippen LogP contribution is -2.33. The summed E-state index contributed by atoms with van der Waals surface area (Å²) in [5.41, 5.74) is -0.767. The molecule has 0 atom stereocenters. The Kier molecular flexibility index (Phi) is 4.17. The van der Waals surface area contributed by atoms with Crippen LogP contribution in [0.15, 0.2) is 16.6 Å². The van der Waals surface area contributed by atoms with Crippen molar-refractivity contribution in [3.63, 3.8) is 0 Å². The normalized spacial score (nSPS) is 10.1. The largest absolute Gasteiger partial charge is 0.480 e. The summed E-state index contributed by atoms with van der Waals surface area (Å²) in [6.07, 6.45) is 0. The van der Waals surface area contributed by atoms with Gasteiger partial charge in [-0.1, -0.05) is 15.9 Å². The number of aliphatic carboxylic acids is 1. The van der Waals surface area contributed by atoms with Gasteiger partial charge in [0.05, 0.1) is 0 Å². The van der Waals surface area contributed by atoms with Gasteiger partial charge in [0.25, 0.3) is 5.91 Å². The summed E-state index contributed by atoms with van der Waals surface area (Å²) >= 11 is 2.87. The molecule has 0 aliphatic heterocycles. The quantitative estimate of drug-likeness (QED) is 0.927. The van der Waals surface area contributed by atoms with E-state index in [0.717, 1.165) is 24.1 Å². The first-order valence-corrected chi connectivity index (χ1v) is 5.24. The Bertz CT molecular complexity index is 456. The van der Waals surface area contributed by atoms with Gasteiger partial charge in [0.2, 0.25) is 0 Å². The Morgan fingerprint density at radius 2 is 1.82 bits per heavy atom. The van der Waals surface area contributed by atoms with Crippen LogP contribution in [0.2, 0.25) is 0 Å². The Labute approximate surface area is 104 Å². The summed E-state index contributed by atoms with van der Waals surface area (Å²) in [6, 6.07) is 1.87. The van der Waals surface area contributed by atoms with Crippen molar-refractivity contribution in [3.8, 4) is 0 Å². The van der Waals surface area contributed by atoms with Gasteiger partial charge in [-0.2, -0.15) is 0 Å². The lowest BCUT2D eigenvalue weighted by molar-refractivity contribution is -0.137. The van der Waals surface area contributed by atoms with Crippen molar-refractivity contribution in [2.75, 3.05) is 13.6 Å². The summed E-state index contributed by atoms with van der Waals surface area (Å²) < 4.78 is 26.9. The van der Waals surface area contributed by atoms with Crippen molar-refractivity contribution in [1.29, 1.82) is 0 Å². The van der Waals surface area contributed by atoms with Crippen molar-refractivity contribution in [1.82, 2.24) is 4.90 Å². The molecule has 0 aromatic heterocycles. The van der Waals surface area contributed by atoms with E-state index in [2.05, 4.69) is 15.9 Å². The van der Waals surface area contributed by atoms with Crippen LogP contribution < -0.4 is 0 Å². The summed E-state index contributed by atoms with van der Waals surface area (Å²) in [5.74, 6) is -4.37. The minimum Gasteiger partial charge on any atom is -0.480 e. The molecule has 0 saturated carbocycles. The molecule has 0 saturated heterocycles. The van der Waals surface area contributed by atoms with Crippen LogP contribution in [0.25, 0.3) is 0 Å². The van der Waals surface area contributed by atoms with Crippen LogP contribution in [0.5, 0.6) is 0 Å². The average molecular weight is 308 g/mol. The molecular weight excluding hydrogens is 300 g/mol. The predicted molar refractivity (Wildman–Crippen MR) is 58.7 cm³/mol. The fourth-order valence-electron chi connectivity index (χ4n) is 1.21. The molecule has 92 valence electrons. The molecule has 7 heteroatoms. The van der Waals surface area contributed by atoms with E-state index in [1.54, 1.807) is 0 Å². The topological polar surface area (TPSA) is 57.6 Å². The van der Waals surface area contributed by atoms with Gasteiger partial charge in [-0.15, -0.1) is 0 Å². The molecule has 0 fully saturated rings. The van der Waals surface area contributed by atoms with Crippen LogP contribution in [-0.4, -0.2) is 35.5 Å². The zero-order valence-corrected chi connectivity index (χ0v) is 10.3. The van der Waals surface area contributed by atoms with E-state index in [4.69, 9.17) is 5.11 Å². The second-order valence-electron chi connectivity index (χ2n) is 3.30. The summed E-state index contributed by atoms with van der Waals surface area (Å²) in [4.78, 5) is 22.7. The molecule has 1 rings (SSSR count). The molecule has 4 nitrogen and oxygen atoms in total. The van der Waals surface area contributed by atoms with Crippen LogP contribution in [0.3, 0.4) is 0 Å². The number of carbonyl (C=O) groups excluding carboxylic acids is 1. The van der Waals surface area contributed by atoms with Crippen molar-refractivity contribution in [2.45, 2.75) is 0 Å². The van der Waals surface area contributed by atoms with E-state index in [1.807, 2.05) is 0 Å². The lowest BCUT2D eigenvalue weighted by Gasteiger charge is -2.15. The number of benzene rings is 1. The first-order chi connectivity index (χ1) is 7.82. The zero-order valence-electron chi connectivity index (χ0n) is 8.71. The third-order valence-corrected chi connectivity index (χ3v) is 2.40. The number of likely N-dealkylation sites (N-methyl/N-ethyl adjacent to an activating group) is 1. The number of carboxylic acid groups (broad SMARTS) is 1. The van der Waals surface area contributed by atoms with Gasteiger partial charge in [0, 0.05) is 11.5 Å². The number of amides is 1. The molecule has 0 radical (unpaired) electrons. The third-order valence-electron chi connectivity index (χ3n) is 1.94. The van der Waals surface area contributed by atoms with Gasteiger partial charge in [-0.3, -0.25) is 9.59 Å². The van der Waals surface area contributed by atoms with Crippen molar-refractivity contribution in [2.24, 2.45) is 0 Å². The van der Waals surface area contributed by atoms with Crippen LogP contribution >= 0.6 is 15.9 Å². The van der Waals surface area contributed by atoms with Crippen LogP contribution in [0, 0.1) is 11.6 Å². The smallest absolute Gasteiger partial charge is 0.323 e. The van der Waals surface area contributed by atoms with Crippen molar-refractivity contribution >= 4 is 27.8 Å². The molecule has 0 bridgehead atoms. The third kappa shape index (κ3) is 3.23. The highest BCUT2D eigenvalue weighted by molar-refractivity contribution is 9.10. The van der Waals surface area contributed by atoms with Gasteiger partial charge in [0.15, 0.2) is 0 Å². The summed E-state index contributed by atoms with van der Waals surface area (Å²) in [6.45, 7) is -0.631. The van der Waals surface area contributed by atoms with Crippen LogP contribution in [0.4, 0.5) is 8.78 Å². The number of carboxylic acids is 1. The minimum atomic E-state index is -1.27. The van der Waals surface area contributed by atoms with Gasteiger partial charge >= 0.3 is 5.97 Å². The first-order valence-electron chi connectivity index (χ1n) is 4.44. The average Bonchev–Trinajstić information content (AvgIpc) is 2.14. The number of carbonyl (C=O) groups is 2. The maximum atomic E-state index is 13.4. The maximum absolute atomic E-state index is 13.4. The van der Waals surface area contributed by atoms with Crippen LogP contribution in [-0.2, 0) is 4.79 Å². The molecule has 0 aliphatic carbocycles. The van der Waals surface area contributed by atoms with Crippen molar-refractivity contribution < 1.29 is 23.5 Å². The molecule has 17 heavy (non-hydrogen) atoms. The zero-order chi connectivity index (χ0) is 13.2. The SMILES string of the molecule is CN(CC(=O)O)C(=O)c1c(F)cc(Br)cc1F. The number of nitrogens with zero attached hydrogens (tertiary/aromatic N) is 1. The van der Waals surface area contributed by atoms with E-state index >= 15 is 0 Å². The number of hydrogen-bond donors (Lipinski definition) is 1. The highest BCUT2D eigenvalue weighted by Gasteiger charge is 2.22. The molecule has 1 N–H and O–H groups in total. The highest BCUT2D eigenvalue weighted by atomic mass is 79.9. The molecule has 0 spiro atoms. The number of rotatable bonds is 3. The molecular formula is C10H8BrF2NO3. The van der Waals surface area contributed by atoms with E-state index < -0.39 is 35.6 Å². The molecule has 0 aliphatic rings. The number of hydrogen-bond acceptors (Lipinski definition) is 2. The fourth-order valence-corrected chi connectivity index (χ4v) is 1.61. The molecule has 1 aromatic rings. The van der Waals surface area contributed by atoms with Crippen molar-refractivity contribution in [3.05, 3.63) is 33.8 Å². The Morgan fingerprint density at radius 3 is 2.24 bits per heavy atom. The predicted octanol–water partition coefficient (Wildman–Crippen LogP) is 1.88. The van der Waals surface area contributed by atoms with E-state index in [-0.39, 0.29) is 4.47 Å². The van der Waals surface area contributed by atoms with Gasteiger partial charge < -0.3 is 10.0 Å². The van der Waals surface area contributed by atoms with E-state index in [1.165, 1.54) is 0 Å². The van der Waals surface area contributed by atoms with Gasteiger partial charge in [-0.05, 0) is 12.1 Å².